The SMILES string of the molecule is CCOc1ccc(C2c3c(oc4ccc(Cl)cc4c3=O)C(=O)N2c2nc(C)c(C)s2)cc1OC. The monoisotopic (exact) mass is 496 g/mol. The zero-order valence-corrected chi connectivity index (χ0v) is 20.5. The lowest BCUT2D eigenvalue weighted by atomic mass is 9.98. The highest BCUT2D eigenvalue weighted by atomic mass is 35.5. The summed E-state index contributed by atoms with van der Waals surface area (Å²) < 4.78 is 17.2. The molecule has 1 unspecified atom stereocenters. The highest BCUT2D eigenvalue weighted by molar-refractivity contribution is 7.15. The lowest BCUT2D eigenvalue weighted by Crippen LogP contribution is -2.29. The van der Waals surface area contributed by atoms with E-state index in [0.717, 1.165) is 10.6 Å². The van der Waals surface area contributed by atoms with Crippen LogP contribution < -0.4 is 19.8 Å². The Balaban J connectivity index is 1.79. The minimum atomic E-state index is -0.753. The van der Waals surface area contributed by atoms with Crippen molar-refractivity contribution in [2.45, 2.75) is 26.8 Å². The van der Waals surface area contributed by atoms with Gasteiger partial charge in [0.2, 0.25) is 5.76 Å². The molecule has 0 N–H and O–H groups in total. The fourth-order valence-electron chi connectivity index (χ4n) is 4.15. The van der Waals surface area contributed by atoms with Gasteiger partial charge in [-0.05, 0) is 56.7 Å². The normalized spacial score (nSPS) is 15.1. The summed E-state index contributed by atoms with van der Waals surface area (Å²) in [5.74, 6) is 0.654. The van der Waals surface area contributed by atoms with Crippen molar-refractivity contribution in [3.63, 3.8) is 0 Å². The summed E-state index contributed by atoms with van der Waals surface area (Å²) >= 11 is 7.55. The summed E-state index contributed by atoms with van der Waals surface area (Å²) in [6, 6.07) is 9.40. The van der Waals surface area contributed by atoms with Gasteiger partial charge in [0.1, 0.15) is 5.58 Å². The summed E-state index contributed by atoms with van der Waals surface area (Å²) in [5.41, 5.74) is 1.74. The van der Waals surface area contributed by atoms with E-state index < -0.39 is 11.9 Å². The van der Waals surface area contributed by atoms with Gasteiger partial charge >= 0.3 is 0 Å². The molecule has 4 aromatic rings. The van der Waals surface area contributed by atoms with E-state index in [9.17, 15) is 9.59 Å². The van der Waals surface area contributed by atoms with E-state index in [0.29, 0.717) is 44.8 Å². The summed E-state index contributed by atoms with van der Waals surface area (Å²) in [4.78, 5) is 34.5. The third-order valence-electron chi connectivity index (χ3n) is 5.86. The molecule has 1 aliphatic heterocycles. The predicted octanol–water partition coefficient (Wildman–Crippen LogP) is 5.68. The number of hydrogen-bond acceptors (Lipinski definition) is 7. The molecule has 1 atom stereocenters. The number of thiazole rings is 1. The first-order valence-corrected chi connectivity index (χ1v) is 11.9. The van der Waals surface area contributed by atoms with Gasteiger partial charge in [-0.1, -0.05) is 17.7 Å². The number of carbonyl (C=O) groups is 1. The summed E-state index contributed by atoms with van der Waals surface area (Å²) in [7, 11) is 1.55. The van der Waals surface area contributed by atoms with Crippen molar-refractivity contribution in [1.82, 2.24) is 4.98 Å². The number of aromatic nitrogens is 1. The summed E-state index contributed by atoms with van der Waals surface area (Å²) in [6.45, 7) is 6.19. The van der Waals surface area contributed by atoms with Gasteiger partial charge in [0.05, 0.1) is 36.4 Å². The molecule has 0 radical (unpaired) electrons. The van der Waals surface area contributed by atoms with Gasteiger partial charge in [0.25, 0.3) is 5.91 Å². The second-order valence-electron chi connectivity index (χ2n) is 7.87. The molecule has 5 rings (SSSR count). The second kappa shape index (κ2) is 8.45. The standard InChI is InChI=1S/C25H21ClN2O5S/c1-5-32-18-8-6-14(10-19(18)31-4)21-20-22(29)16-11-15(26)7-9-17(16)33-23(20)24(30)28(21)25-27-12(2)13(3)34-25/h6-11,21H,5H2,1-4H3. The Bertz CT molecular complexity index is 1490. The molecular formula is C25H21ClN2O5S. The number of nitrogens with zero attached hydrogens (tertiary/aromatic N) is 2. The zero-order valence-electron chi connectivity index (χ0n) is 19.0. The molecule has 9 heteroatoms. The molecule has 2 aromatic carbocycles. The molecule has 34 heavy (non-hydrogen) atoms. The largest absolute Gasteiger partial charge is 0.493 e. The van der Waals surface area contributed by atoms with Crippen molar-refractivity contribution in [2.75, 3.05) is 18.6 Å². The third kappa shape index (κ3) is 3.45. The zero-order chi connectivity index (χ0) is 24.1. The minimum absolute atomic E-state index is 0.00294. The highest BCUT2D eigenvalue weighted by Gasteiger charge is 2.45. The number of amides is 1. The molecule has 0 spiro atoms. The van der Waals surface area contributed by atoms with Crippen LogP contribution in [-0.4, -0.2) is 24.6 Å². The first kappa shape index (κ1) is 22.4. The van der Waals surface area contributed by atoms with Gasteiger partial charge in [-0.3, -0.25) is 14.5 Å². The molecule has 1 amide bonds. The third-order valence-corrected chi connectivity index (χ3v) is 7.17. The molecular weight excluding hydrogens is 476 g/mol. The maximum atomic E-state index is 13.7. The van der Waals surface area contributed by atoms with Crippen molar-refractivity contribution in [2.24, 2.45) is 0 Å². The van der Waals surface area contributed by atoms with Crippen molar-refractivity contribution in [3.8, 4) is 11.5 Å². The maximum absolute atomic E-state index is 13.7. The van der Waals surface area contributed by atoms with Crippen molar-refractivity contribution >= 4 is 44.9 Å². The fourth-order valence-corrected chi connectivity index (χ4v) is 5.25. The predicted molar refractivity (Wildman–Crippen MR) is 132 cm³/mol. The van der Waals surface area contributed by atoms with E-state index in [1.54, 1.807) is 37.4 Å². The number of anilines is 1. The molecule has 2 aromatic heterocycles. The van der Waals surface area contributed by atoms with Crippen molar-refractivity contribution in [3.05, 3.63) is 79.1 Å². The van der Waals surface area contributed by atoms with Crippen LogP contribution in [0.2, 0.25) is 5.02 Å². The van der Waals surface area contributed by atoms with E-state index in [1.165, 1.54) is 16.2 Å². The van der Waals surface area contributed by atoms with Crippen LogP contribution in [-0.2, 0) is 0 Å². The number of benzene rings is 2. The van der Waals surface area contributed by atoms with Crippen LogP contribution in [0.5, 0.6) is 11.5 Å². The fraction of sp³-hybridized carbons (Fsp3) is 0.240. The molecule has 0 fully saturated rings. The van der Waals surface area contributed by atoms with E-state index in [4.69, 9.17) is 25.5 Å². The van der Waals surface area contributed by atoms with Crippen LogP contribution in [0.1, 0.15) is 45.2 Å². The number of ether oxygens (including phenoxy) is 2. The minimum Gasteiger partial charge on any atom is -0.493 e. The van der Waals surface area contributed by atoms with Gasteiger partial charge in [-0.15, -0.1) is 11.3 Å². The van der Waals surface area contributed by atoms with Gasteiger partial charge in [0.15, 0.2) is 22.1 Å². The van der Waals surface area contributed by atoms with Crippen LogP contribution in [0.3, 0.4) is 0 Å². The summed E-state index contributed by atoms with van der Waals surface area (Å²) in [5, 5.41) is 1.22. The number of fused-ring (bicyclic) bond motifs is 2. The van der Waals surface area contributed by atoms with Gasteiger partial charge in [-0.2, -0.15) is 0 Å². The van der Waals surface area contributed by atoms with Crippen molar-refractivity contribution in [1.29, 1.82) is 0 Å². The molecule has 0 saturated carbocycles. The van der Waals surface area contributed by atoms with E-state index in [-0.39, 0.29) is 16.8 Å². The maximum Gasteiger partial charge on any atom is 0.297 e. The van der Waals surface area contributed by atoms with Crippen LogP contribution >= 0.6 is 22.9 Å². The smallest absolute Gasteiger partial charge is 0.297 e. The second-order valence-corrected chi connectivity index (χ2v) is 9.49. The number of aryl methyl sites for hydroxylation is 2. The number of halogens is 1. The number of hydrogen-bond donors (Lipinski definition) is 0. The molecule has 0 aliphatic carbocycles. The van der Waals surface area contributed by atoms with E-state index >= 15 is 0 Å². The Morgan fingerprint density at radius 1 is 1.15 bits per heavy atom. The van der Waals surface area contributed by atoms with Crippen LogP contribution in [0.25, 0.3) is 11.0 Å². The molecule has 1 aliphatic rings. The topological polar surface area (TPSA) is 81.9 Å². The Kier molecular flexibility index (Phi) is 5.58. The average molecular weight is 497 g/mol. The average Bonchev–Trinajstić information content (AvgIpc) is 3.30. The summed E-state index contributed by atoms with van der Waals surface area (Å²) in [6.07, 6.45) is 0. The van der Waals surface area contributed by atoms with Crippen LogP contribution in [0.15, 0.2) is 45.6 Å². The Morgan fingerprint density at radius 2 is 1.94 bits per heavy atom. The van der Waals surface area contributed by atoms with Crippen LogP contribution in [0.4, 0.5) is 5.13 Å². The van der Waals surface area contributed by atoms with Gasteiger partial charge in [-0.25, -0.2) is 4.98 Å². The van der Waals surface area contributed by atoms with E-state index in [1.807, 2.05) is 26.8 Å². The molecule has 0 saturated heterocycles. The van der Waals surface area contributed by atoms with Gasteiger partial charge < -0.3 is 13.9 Å². The number of methoxy groups -OCH3 is 1. The van der Waals surface area contributed by atoms with E-state index in [2.05, 4.69) is 4.98 Å². The molecule has 174 valence electrons. The quantitative estimate of drug-likeness (QED) is 0.353. The first-order valence-electron chi connectivity index (χ1n) is 10.7. The molecule has 0 bridgehead atoms. The molecule has 3 heterocycles. The van der Waals surface area contributed by atoms with Gasteiger partial charge in [0, 0.05) is 9.90 Å². The number of rotatable bonds is 5. The highest BCUT2D eigenvalue weighted by Crippen LogP contribution is 2.44. The Labute approximate surface area is 204 Å². The lowest BCUT2D eigenvalue weighted by Gasteiger charge is -2.23. The Hall–Kier alpha value is -3.36. The lowest BCUT2D eigenvalue weighted by molar-refractivity contribution is 0.0971. The van der Waals surface area contributed by atoms with Crippen LogP contribution in [0, 0.1) is 13.8 Å². The van der Waals surface area contributed by atoms with Crippen molar-refractivity contribution < 1.29 is 18.7 Å². The Morgan fingerprint density at radius 3 is 2.62 bits per heavy atom. The number of carbonyl (C=O) groups excluding carboxylic acids is 1. The first-order chi connectivity index (χ1) is 16.3. The molecule has 7 nitrogen and oxygen atoms in total.